The summed E-state index contributed by atoms with van der Waals surface area (Å²) < 4.78 is 0.712. The van der Waals surface area contributed by atoms with Crippen LogP contribution < -0.4 is 0 Å². The molecule has 0 fully saturated rings. The van der Waals surface area contributed by atoms with Crippen LogP contribution in [0.2, 0.25) is 5.02 Å². The summed E-state index contributed by atoms with van der Waals surface area (Å²) in [4.78, 5) is 10.3. The molecule has 0 amide bonds. The van der Waals surface area contributed by atoms with Gasteiger partial charge in [-0.2, -0.15) is 0 Å². The normalized spacial score (nSPS) is 12.5. The van der Waals surface area contributed by atoms with Gasteiger partial charge in [-0.1, -0.05) is 27.5 Å². The fourth-order valence-electron chi connectivity index (χ4n) is 1.05. The topological polar surface area (TPSA) is 57.5 Å². The van der Waals surface area contributed by atoms with Gasteiger partial charge in [0.15, 0.2) is 0 Å². The Morgan fingerprint density at radius 1 is 1.50 bits per heavy atom. The van der Waals surface area contributed by atoms with Gasteiger partial charge in [-0.15, -0.1) is 0 Å². The third-order valence-corrected chi connectivity index (χ3v) is 2.31. The Hall–Kier alpha value is -0.580. The quantitative estimate of drug-likeness (QED) is 0.894. The zero-order valence-corrected chi connectivity index (χ0v) is 9.42. The summed E-state index contributed by atoms with van der Waals surface area (Å²) in [6, 6.07) is 4.85. The molecule has 0 aliphatic heterocycles. The van der Waals surface area contributed by atoms with Crippen LogP contribution in [0.15, 0.2) is 22.7 Å². The second-order valence-corrected chi connectivity index (χ2v) is 4.17. The van der Waals surface area contributed by atoms with Crippen molar-refractivity contribution in [1.82, 2.24) is 0 Å². The smallest absolute Gasteiger partial charge is 0.306 e. The van der Waals surface area contributed by atoms with E-state index in [0.717, 1.165) is 0 Å². The van der Waals surface area contributed by atoms with Crippen LogP contribution in [0, 0.1) is 0 Å². The largest absolute Gasteiger partial charge is 0.481 e. The molecule has 0 aromatic heterocycles. The fraction of sp³-hybridized carbons (Fsp3) is 0.222. The molecule has 2 N–H and O–H groups in total. The van der Waals surface area contributed by atoms with Crippen LogP contribution in [0.25, 0.3) is 0 Å². The number of benzene rings is 1. The molecule has 5 heteroatoms. The van der Waals surface area contributed by atoms with Crippen LogP contribution in [0.4, 0.5) is 0 Å². The Bertz CT molecular complexity index is 334. The molecule has 1 rings (SSSR count). The van der Waals surface area contributed by atoms with Crippen molar-refractivity contribution in [1.29, 1.82) is 0 Å². The minimum absolute atomic E-state index is 0.327. The van der Waals surface area contributed by atoms with Crippen molar-refractivity contribution in [3.05, 3.63) is 33.3 Å². The highest BCUT2D eigenvalue weighted by Crippen LogP contribution is 2.25. The number of aliphatic hydroxyl groups excluding tert-OH is 1. The van der Waals surface area contributed by atoms with Gasteiger partial charge in [0.2, 0.25) is 0 Å². The van der Waals surface area contributed by atoms with Crippen LogP contribution in [-0.2, 0) is 4.79 Å². The highest BCUT2D eigenvalue weighted by Gasteiger charge is 2.12. The average Bonchev–Trinajstić information content (AvgIpc) is 2.00. The molecular weight excluding hydrogens is 271 g/mol. The Labute approximate surface area is 94.4 Å². The first-order chi connectivity index (χ1) is 6.49. The zero-order chi connectivity index (χ0) is 10.7. The lowest BCUT2D eigenvalue weighted by Gasteiger charge is -2.08. The highest BCUT2D eigenvalue weighted by molar-refractivity contribution is 9.10. The summed E-state index contributed by atoms with van der Waals surface area (Å²) in [5.74, 6) is -1.05. The molecule has 0 spiro atoms. The molecule has 0 aliphatic carbocycles. The monoisotopic (exact) mass is 278 g/mol. The summed E-state index contributed by atoms with van der Waals surface area (Å²) in [7, 11) is 0. The predicted molar refractivity (Wildman–Crippen MR) is 56.4 cm³/mol. The highest BCUT2D eigenvalue weighted by atomic mass is 79.9. The number of carboxylic acid groups (broad SMARTS) is 1. The second-order valence-electron chi connectivity index (χ2n) is 2.82. The van der Waals surface area contributed by atoms with Crippen LogP contribution in [0.5, 0.6) is 0 Å². The molecule has 0 radical (unpaired) electrons. The Morgan fingerprint density at radius 3 is 2.64 bits per heavy atom. The molecule has 76 valence electrons. The molecule has 0 unspecified atom stereocenters. The molecule has 0 heterocycles. The number of aliphatic hydroxyl groups is 1. The van der Waals surface area contributed by atoms with Crippen molar-refractivity contribution >= 4 is 33.5 Å². The van der Waals surface area contributed by atoms with Gasteiger partial charge < -0.3 is 10.2 Å². The van der Waals surface area contributed by atoms with Crippen molar-refractivity contribution in [3.8, 4) is 0 Å². The first-order valence-corrected chi connectivity index (χ1v) is 5.02. The lowest BCUT2D eigenvalue weighted by molar-refractivity contribution is -0.139. The van der Waals surface area contributed by atoms with Crippen molar-refractivity contribution in [2.75, 3.05) is 0 Å². The number of carbonyl (C=O) groups is 1. The Kier molecular flexibility index (Phi) is 3.92. The summed E-state index contributed by atoms with van der Waals surface area (Å²) in [6.07, 6.45) is -1.35. The van der Waals surface area contributed by atoms with E-state index in [1.807, 2.05) is 0 Å². The van der Waals surface area contributed by atoms with Crippen LogP contribution in [0.3, 0.4) is 0 Å². The third-order valence-electron chi connectivity index (χ3n) is 1.64. The maximum atomic E-state index is 10.3. The average molecular weight is 280 g/mol. The van der Waals surface area contributed by atoms with E-state index in [9.17, 15) is 9.90 Å². The van der Waals surface area contributed by atoms with Crippen molar-refractivity contribution in [2.45, 2.75) is 12.5 Å². The zero-order valence-electron chi connectivity index (χ0n) is 7.08. The molecule has 1 aromatic carbocycles. The Morgan fingerprint density at radius 2 is 2.14 bits per heavy atom. The lowest BCUT2D eigenvalue weighted by atomic mass is 10.1. The number of hydrogen-bond donors (Lipinski definition) is 2. The van der Waals surface area contributed by atoms with Crippen LogP contribution in [-0.4, -0.2) is 16.2 Å². The molecule has 1 aromatic rings. The summed E-state index contributed by atoms with van der Waals surface area (Å²) >= 11 is 8.95. The van der Waals surface area contributed by atoms with Gasteiger partial charge in [0.1, 0.15) is 0 Å². The summed E-state index contributed by atoms with van der Waals surface area (Å²) in [5.41, 5.74) is 0.492. The van der Waals surface area contributed by atoms with Crippen LogP contribution in [0.1, 0.15) is 18.1 Å². The van der Waals surface area contributed by atoms with Crippen molar-refractivity contribution in [3.63, 3.8) is 0 Å². The van der Waals surface area contributed by atoms with Gasteiger partial charge in [-0.05, 0) is 23.8 Å². The van der Waals surface area contributed by atoms with E-state index in [2.05, 4.69) is 15.9 Å². The van der Waals surface area contributed by atoms with E-state index in [1.54, 1.807) is 18.2 Å². The molecule has 3 nitrogen and oxygen atoms in total. The molecule has 0 bridgehead atoms. The fourth-order valence-corrected chi connectivity index (χ4v) is 1.94. The summed E-state index contributed by atoms with van der Waals surface area (Å²) in [5, 5.41) is 18.4. The number of carboxylic acids is 1. The number of hydrogen-bond acceptors (Lipinski definition) is 2. The molecule has 0 saturated carbocycles. The number of aliphatic carboxylic acids is 1. The summed E-state index contributed by atoms with van der Waals surface area (Å²) in [6.45, 7) is 0. The van der Waals surface area contributed by atoms with Crippen molar-refractivity contribution < 1.29 is 15.0 Å². The number of rotatable bonds is 3. The molecule has 0 aliphatic rings. The van der Waals surface area contributed by atoms with Gasteiger partial charge in [-0.25, -0.2) is 0 Å². The number of halogens is 2. The first-order valence-electron chi connectivity index (χ1n) is 3.85. The molecule has 0 saturated heterocycles. The van der Waals surface area contributed by atoms with Gasteiger partial charge in [-0.3, -0.25) is 4.79 Å². The first kappa shape index (κ1) is 11.5. The van der Waals surface area contributed by atoms with E-state index in [-0.39, 0.29) is 6.42 Å². The molecule has 14 heavy (non-hydrogen) atoms. The van der Waals surface area contributed by atoms with E-state index in [1.165, 1.54) is 0 Å². The Balaban J connectivity index is 2.89. The van der Waals surface area contributed by atoms with Gasteiger partial charge in [0.25, 0.3) is 0 Å². The minimum atomic E-state index is -1.05. The van der Waals surface area contributed by atoms with Gasteiger partial charge >= 0.3 is 5.97 Å². The second kappa shape index (κ2) is 4.77. The third kappa shape index (κ3) is 3.29. The van der Waals surface area contributed by atoms with Gasteiger partial charge in [0.05, 0.1) is 12.5 Å². The van der Waals surface area contributed by atoms with Crippen molar-refractivity contribution in [2.24, 2.45) is 0 Å². The van der Waals surface area contributed by atoms with E-state index < -0.39 is 12.1 Å². The van der Waals surface area contributed by atoms with E-state index >= 15 is 0 Å². The van der Waals surface area contributed by atoms with Crippen LogP contribution >= 0.6 is 27.5 Å². The standard InChI is InChI=1S/C9H8BrClO3/c10-6-1-5(2-7(11)3-6)8(12)4-9(13)14/h1-3,8,12H,4H2,(H,13,14)/t8-/m1/s1. The van der Waals surface area contributed by atoms with Gasteiger partial charge in [0, 0.05) is 9.50 Å². The minimum Gasteiger partial charge on any atom is -0.481 e. The SMILES string of the molecule is O=C(O)C[C@@H](O)c1cc(Cl)cc(Br)c1. The maximum Gasteiger partial charge on any atom is 0.306 e. The molecule has 1 atom stereocenters. The van der Waals surface area contributed by atoms with E-state index in [0.29, 0.717) is 15.1 Å². The molecular formula is C9H8BrClO3. The lowest BCUT2D eigenvalue weighted by Crippen LogP contribution is -2.05. The van der Waals surface area contributed by atoms with E-state index in [4.69, 9.17) is 16.7 Å². The predicted octanol–water partition coefficient (Wildman–Crippen LogP) is 2.61. The maximum absolute atomic E-state index is 10.3.